The van der Waals surface area contributed by atoms with Gasteiger partial charge in [-0.15, -0.1) is 0 Å². The Morgan fingerprint density at radius 2 is 2.08 bits per heavy atom. The Labute approximate surface area is 144 Å². The Morgan fingerprint density at radius 1 is 1.32 bits per heavy atom. The van der Waals surface area contributed by atoms with Gasteiger partial charge in [-0.05, 0) is 38.1 Å². The summed E-state index contributed by atoms with van der Waals surface area (Å²) in [5.41, 5.74) is 2.77. The lowest BCUT2D eigenvalue weighted by Crippen LogP contribution is -2.09. The molecule has 2 heterocycles. The number of rotatable bonds is 3. The van der Waals surface area contributed by atoms with Crippen molar-refractivity contribution in [1.82, 2.24) is 9.78 Å². The molecule has 1 aromatic carbocycles. The summed E-state index contributed by atoms with van der Waals surface area (Å²) in [4.78, 5) is 28.0. The molecular formula is C18H17N3O4. The smallest absolute Gasteiger partial charge is 0.363 e. The molecule has 0 spiro atoms. The van der Waals surface area contributed by atoms with Crippen LogP contribution >= 0.6 is 0 Å². The van der Waals surface area contributed by atoms with Crippen molar-refractivity contribution >= 4 is 23.9 Å². The van der Waals surface area contributed by atoms with E-state index in [1.54, 1.807) is 51.3 Å². The van der Waals surface area contributed by atoms with Gasteiger partial charge in [0, 0.05) is 18.1 Å². The minimum Gasteiger partial charge on any atom is -0.497 e. The van der Waals surface area contributed by atoms with Crippen LogP contribution in [0.5, 0.6) is 5.75 Å². The molecule has 0 saturated carbocycles. The van der Waals surface area contributed by atoms with Crippen molar-refractivity contribution in [3.8, 4) is 5.75 Å². The summed E-state index contributed by atoms with van der Waals surface area (Å²) in [6.07, 6.45) is 1.59. The molecule has 128 valence electrons. The van der Waals surface area contributed by atoms with E-state index in [1.165, 1.54) is 11.6 Å². The van der Waals surface area contributed by atoms with Crippen LogP contribution in [0.15, 0.2) is 35.0 Å². The number of nitrogens with zero attached hydrogens (tertiary/aromatic N) is 3. The summed E-state index contributed by atoms with van der Waals surface area (Å²) in [7, 11) is 1.56. The molecule has 0 atom stereocenters. The second-order valence-corrected chi connectivity index (χ2v) is 5.58. The Morgan fingerprint density at radius 3 is 2.72 bits per heavy atom. The molecule has 0 bridgehead atoms. The Hall–Kier alpha value is -3.22. The number of benzene rings is 1. The molecule has 1 aromatic heterocycles. The fourth-order valence-electron chi connectivity index (χ4n) is 2.60. The molecule has 7 nitrogen and oxygen atoms in total. The maximum absolute atomic E-state index is 12.1. The Bertz CT molecular complexity index is 938. The summed E-state index contributed by atoms with van der Waals surface area (Å²) >= 11 is 0. The van der Waals surface area contributed by atoms with Crippen LogP contribution in [0.4, 0.5) is 0 Å². The van der Waals surface area contributed by atoms with Gasteiger partial charge in [0.15, 0.2) is 5.70 Å². The first-order valence-corrected chi connectivity index (χ1v) is 7.65. The highest BCUT2D eigenvalue weighted by Crippen LogP contribution is 2.23. The van der Waals surface area contributed by atoms with Crippen molar-refractivity contribution in [2.24, 2.45) is 4.99 Å². The van der Waals surface area contributed by atoms with E-state index >= 15 is 0 Å². The SMILES string of the molecule is COc1cccc(C2=N/C(=C\c3c(C)nn(C(C)=O)c3C)C(=O)O2)c1. The highest BCUT2D eigenvalue weighted by molar-refractivity contribution is 6.13. The third kappa shape index (κ3) is 3.08. The molecule has 0 saturated heterocycles. The number of hydrogen-bond acceptors (Lipinski definition) is 6. The van der Waals surface area contributed by atoms with Gasteiger partial charge in [0.25, 0.3) is 0 Å². The normalized spacial score (nSPS) is 15.3. The lowest BCUT2D eigenvalue weighted by molar-refractivity contribution is -0.129. The number of aliphatic imine (C=N–C) groups is 1. The van der Waals surface area contributed by atoms with Gasteiger partial charge in [-0.2, -0.15) is 5.10 Å². The summed E-state index contributed by atoms with van der Waals surface area (Å²) in [6.45, 7) is 4.96. The first-order valence-electron chi connectivity index (χ1n) is 7.65. The number of carbonyl (C=O) groups excluding carboxylic acids is 2. The maximum atomic E-state index is 12.1. The number of aryl methyl sites for hydroxylation is 1. The van der Waals surface area contributed by atoms with Gasteiger partial charge >= 0.3 is 5.97 Å². The third-order valence-electron chi connectivity index (χ3n) is 3.86. The first kappa shape index (κ1) is 16.6. The summed E-state index contributed by atoms with van der Waals surface area (Å²) in [5.74, 6) is 0.111. The molecule has 1 aliphatic rings. The average molecular weight is 339 g/mol. The predicted molar refractivity (Wildman–Crippen MR) is 91.6 cm³/mol. The van der Waals surface area contributed by atoms with Crippen LogP contribution in [0.1, 0.15) is 34.2 Å². The number of methoxy groups -OCH3 is 1. The van der Waals surface area contributed by atoms with Gasteiger partial charge in [0.1, 0.15) is 5.75 Å². The molecule has 0 N–H and O–H groups in total. The number of hydrogen-bond donors (Lipinski definition) is 0. The molecule has 0 amide bonds. The lowest BCUT2D eigenvalue weighted by Gasteiger charge is -2.02. The minimum absolute atomic E-state index is 0.159. The van der Waals surface area contributed by atoms with Crippen molar-refractivity contribution in [2.45, 2.75) is 20.8 Å². The van der Waals surface area contributed by atoms with Crippen molar-refractivity contribution in [3.63, 3.8) is 0 Å². The summed E-state index contributed by atoms with van der Waals surface area (Å²) in [6, 6.07) is 7.10. The van der Waals surface area contributed by atoms with Gasteiger partial charge in [-0.25, -0.2) is 14.5 Å². The van der Waals surface area contributed by atoms with E-state index in [9.17, 15) is 9.59 Å². The number of aromatic nitrogens is 2. The van der Waals surface area contributed by atoms with Crippen LogP contribution in [0.25, 0.3) is 6.08 Å². The van der Waals surface area contributed by atoms with E-state index in [-0.39, 0.29) is 17.5 Å². The number of esters is 1. The van der Waals surface area contributed by atoms with Gasteiger partial charge < -0.3 is 9.47 Å². The van der Waals surface area contributed by atoms with Gasteiger partial charge in [-0.1, -0.05) is 6.07 Å². The lowest BCUT2D eigenvalue weighted by atomic mass is 10.1. The van der Waals surface area contributed by atoms with Crippen LogP contribution in [-0.4, -0.2) is 34.7 Å². The largest absolute Gasteiger partial charge is 0.497 e. The highest BCUT2D eigenvalue weighted by atomic mass is 16.6. The zero-order valence-electron chi connectivity index (χ0n) is 14.4. The second-order valence-electron chi connectivity index (χ2n) is 5.58. The predicted octanol–water partition coefficient (Wildman–Crippen LogP) is 2.51. The second kappa shape index (κ2) is 6.35. The number of carbonyl (C=O) groups is 2. The van der Waals surface area contributed by atoms with Crippen LogP contribution in [0, 0.1) is 13.8 Å². The molecular weight excluding hydrogens is 322 g/mol. The molecule has 3 rings (SSSR count). The van der Waals surface area contributed by atoms with Gasteiger partial charge in [0.05, 0.1) is 18.5 Å². The third-order valence-corrected chi connectivity index (χ3v) is 3.86. The number of ether oxygens (including phenoxy) is 2. The van der Waals surface area contributed by atoms with E-state index in [2.05, 4.69) is 10.1 Å². The standard InChI is InChI=1S/C18H17N3O4/c1-10-15(11(2)21(20-10)12(3)22)9-16-18(23)25-17(19-16)13-6-5-7-14(8-13)24-4/h5-9H,1-4H3/b16-9-. The molecule has 25 heavy (non-hydrogen) atoms. The van der Waals surface area contributed by atoms with E-state index in [4.69, 9.17) is 9.47 Å². The Balaban J connectivity index is 2.00. The monoisotopic (exact) mass is 339 g/mol. The zero-order chi connectivity index (χ0) is 18.1. The quantitative estimate of drug-likeness (QED) is 0.634. The molecule has 2 aromatic rings. The van der Waals surface area contributed by atoms with Gasteiger partial charge in [0.2, 0.25) is 11.8 Å². The number of cyclic esters (lactones) is 1. The zero-order valence-corrected chi connectivity index (χ0v) is 14.4. The van der Waals surface area contributed by atoms with Crippen LogP contribution in [-0.2, 0) is 9.53 Å². The fourth-order valence-corrected chi connectivity index (χ4v) is 2.60. The molecule has 0 aliphatic carbocycles. The van der Waals surface area contributed by atoms with Crippen molar-refractivity contribution in [2.75, 3.05) is 7.11 Å². The molecule has 0 unspecified atom stereocenters. The maximum Gasteiger partial charge on any atom is 0.363 e. The molecule has 0 radical (unpaired) electrons. The molecule has 0 fully saturated rings. The summed E-state index contributed by atoms with van der Waals surface area (Å²) < 4.78 is 11.7. The van der Waals surface area contributed by atoms with Crippen molar-refractivity contribution in [1.29, 1.82) is 0 Å². The van der Waals surface area contributed by atoms with Crippen LogP contribution in [0.3, 0.4) is 0 Å². The van der Waals surface area contributed by atoms with Crippen LogP contribution in [0.2, 0.25) is 0 Å². The molecule has 1 aliphatic heterocycles. The van der Waals surface area contributed by atoms with Crippen LogP contribution < -0.4 is 4.74 Å². The average Bonchev–Trinajstić information content (AvgIpc) is 3.10. The van der Waals surface area contributed by atoms with E-state index < -0.39 is 5.97 Å². The Kier molecular flexibility index (Phi) is 4.22. The highest BCUT2D eigenvalue weighted by Gasteiger charge is 2.25. The van der Waals surface area contributed by atoms with Gasteiger partial charge in [-0.3, -0.25) is 4.79 Å². The fraction of sp³-hybridized carbons (Fsp3) is 0.222. The molecule has 7 heteroatoms. The van der Waals surface area contributed by atoms with E-state index in [0.717, 1.165) is 0 Å². The summed E-state index contributed by atoms with van der Waals surface area (Å²) in [5, 5.41) is 4.18. The first-order chi connectivity index (χ1) is 11.9. The van der Waals surface area contributed by atoms with Crippen molar-refractivity contribution < 1.29 is 19.1 Å². The van der Waals surface area contributed by atoms with E-state index in [0.29, 0.717) is 28.3 Å². The van der Waals surface area contributed by atoms with E-state index in [1.807, 2.05) is 0 Å². The minimum atomic E-state index is -0.549. The topological polar surface area (TPSA) is 82.8 Å². The van der Waals surface area contributed by atoms with Crippen molar-refractivity contribution in [3.05, 3.63) is 52.5 Å².